The molecule has 0 spiro atoms. The number of aryl methyl sites for hydroxylation is 3. The summed E-state index contributed by atoms with van der Waals surface area (Å²) < 4.78 is 14.0. The Morgan fingerprint density at radius 1 is 1.27 bits per heavy atom. The third-order valence-electron chi connectivity index (χ3n) is 4.62. The highest BCUT2D eigenvalue weighted by Gasteiger charge is 2.26. The van der Waals surface area contributed by atoms with Crippen LogP contribution in [-0.2, 0) is 0 Å². The lowest BCUT2D eigenvalue weighted by atomic mass is 10.0. The Morgan fingerprint density at radius 3 is 2.88 bits per heavy atom. The smallest absolute Gasteiger partial charge is 0.262 e. The standard InChI is InChI=1S/C19H18FN3OS2/c1-9-15-10(2)21-11(3)22-19(15)26-16(9)18(24)23-14-7-8-25-17-12(14)5-4-6-13(17)20/h4-6,14H,7-8H2,1-3H3,(H,23,24). The van der Waals surface area contributed by atoms with Crippen molar-refractivity contribution in [1.29, 1.82) is 0 Å². The lowest BCUT2D eigenvalue weighted by Crippen LogP contribution is -2.30. The second-order valence-electron chi connectivity index (χ2n) is 6.41. The highest BCUT2D eigenvalue weighted by atomic mass is 32.2. The molecular formula is C19H18FN3OS2. The van der Waals surface area contributed by atoms with E-state index in [4.69, 9.17) is 0 Å². The number of fused-ring (bicyclic) bond motifs is 2. The second kappa shape index (κ2) is 6.63. The molecule has 0 saturated heterocycles. The van der Waals surface area contributed by atoms with E-state index in [1.807, 2.05) is 26.8 Å². The molecule has 134 valence electrons. The Hall–Kier alpha value is -1.99. The highest BCUT2D eigenvalue weighted by molar-refractivity contribution is 7.99. The van der Waals surface area contributed by atoms with Crippen LogP contribution >= 0.6 is 23.1 Å². The van der Waals surface area contributed by atoms with Crippen LogP contribution in [0.4, 0.5) is 4.39 Å². The number of benzene rings is 1. The summed E-state index contributed by atoms with van der Waals surface area (Å²) in [6.45, 7) is 5.73. The van der Waals surface area contributed by atoms with Crippen LogP contribution in [0.5, 0.6) is 0 Å². The molecule has 26 heavy (non-hydrogen) atoms. The van der Waals surface area contributed by atoms with E-state index in [1.54, 1.807) is 6.07 Å². The van der Waals surface area contributed by atoms with E-state index in [9.17, 15) is 9.18 Å². The van der Waals surface area contributed by atoms with Gasteiger partial charge in [0.15, 0.2) is 0 Å². The fraction of sp³-hybridized carbons (Fsp3) is 0.316. The van der Waals surface area contributed by atoms with E-state index in [-0.39, 0.29) is 17.8 Å². The molecule has 0 aliphatic carbocycles. The molecule has 0 fully saturated rings. The van der Waals surface area contributed by atoms with Gasteiger partial charge in [-0.25, -0.2) is 14.4 Å². The maximum absolute atomic E-state index is 14.0. The van der Waals surface area contributed by atoms with Crippen molar-refractivity contribution in [2.75, 3.05) is 5.75 Å². The molecule has 1 N–H and O–H groups in total. The van der Waals surface area contributed by atoms with Gasteiger partial charge in [0.2, 0.25) is 0 Å². The zero-order chi connectivity index (χ0) is 18.4. The van der Waals surface area contributed by atoms with Gasteiger partial charge in [0.25, 0.3) is 5.91 Å². The Bertz CT molecular complexity index is 1030. The minimum atomic E-state index is -0.217. The van der Waals surface area contributed by atoms with Gasteiger partial charge in [0, 0.05) is 21.7 Å². The number of rotatable bonds is 2. The molecule has 0 saturated carbocycles. The maximum Gasteiger partial charge on any atom is 0.262 e. The molecule has 2 aromatic heterocycles. The van der Waals surface area contributed by atoms with Crippen LogP contribution in [0.25, 0.3) is 10.2 Å². The van der Waals surface area contributed by atoms with Crippen molar-refractivity contribution in [2.24, 2.45) is 0 Å². The van der Waals surface area contributed by atoms with Crippen LogP contribution in [0.2, 0.25) is 0 Å². The number of carbonyl (C=O) groups excluding carboxylic acids is 1. The van der Waals surface area contributed by atoms with E-state index in [0.29, 0.717) is 15.6 Å². The quantitative estimate of drug-likeness (QED) is 0.691. The molecule has 0 radical (unpaired) electrons. The minimum absolute atomic E-state index is 0.130. The van der Waals surface area contributed by atoms with Crippen molar-refractivity contribution in [3.05, 3.63) is 51.5 Å². The van der Waals surface area contributed by atoms with Crippen LogP contribution < -0.4 is 5.32 Å². The molecule has 1 aromatic carbocycles. The van der Waals surface area contributed by atoms with E-state index in [2.05, 4.69) is 15.3 Å². The SMILES string of the molecule is Cc1nc(C)c2c(C)c(C(=O)NC3CCSc4c(F)cccc43)sc2n1. The Kier molecular flexibility index (Phi) is 4.44. The summed E-state index contributed by atoms with van der Waals surface area (Å²) >= 11 is 2.90. The molecular weight excluding hydrogens is 369 g/mol. The molecule has 1 unspecified atom stereocenters. The van der Waals surface area contributed by atoms with Crippen LogP contribution in [0.15, 0.2) is 23.1 Å². The predicted molar refractivity (Wildman–Crippen MR) is 104 cm³/mol. The molecule has 1 atom stereocenters. The first kappa shape index (κ1) is 17.4. The second-order valence-corrected chi connectivity index (χ2v) is 8.52. The zero-order valence-electron chi connectivity index (χ0n) is 14.7. The van der Waals surface area contributed by atoms with Crippen LogP contribution in [0, 0.1) is 26.6 Å². The maximum atomic E-state index is 14.0. The van der Waals surface area contributed by atoms with Crippen molar-refractivity contribution in [1.82, 2.24) is 15.3 Å². The van der Waals surface area contributed by atoms with E-state index >= 15 is 0 Å². The average Bonchev–Trinajstić information content (AvgIpc) is 2.92. The first-order valence-electron chi connectivity index (χ1n) is 8.42. The summed E-state index contributed by atoms with van der Waals surface area (Å²) in [4.78, 5) is 24.0. The summed E-state index contributed by atoms with van der Waals surface area (Å²) in [6, 6.07) is 4.89. The Labute approximate surface area is 159 Å². The van der Waals surface area contributed by atoms with E-state index < -0.39 is 0 Å². The number of amides is 1. The van der Waals surface area contributed by atoms with Crippen molar-refractivity contribution in [2.45, 2.75) is 38.1 Å². The number of thioether (sulfide) groups is 1. The van der Waals surface area contributed by atoms with Gasteiger partial charge in [-0.2, -0.15) is 0 Å². The van der Waals surface area contributed by atoms with Gasteiger partial charge in [-0.15, -0.1) is 23.1 Å². The first-order chi connectivity index (χ1) is 12.5. The van der Waals surface area contributed by atoms with Crippen molar-refractivity contribution in [3.8, 4) is 0 Å². The highest BCUT2D eigenvalue weighted by Crippen LogP contribution is 2.38. The number of halogens is 1. The van der Waals surface area contributed by atoms with Gasteiger partial charge in [0.05, 0.1) is 10.9 Å². The molecule has 3 aromatic rings. The first-order valence-corrected chi connectivity index (χ1v) is 10.2. The van der Waals surface area contributed by atoms with Crippen LogP contribution in [0.3, 0.4) is 0 Å². The third-order valence-corrected chi connectivity index (χ3v) is 6.96. The number of aromatic nitrogens is 2. The number of nitrogens with zero attached hydrogens (tertiary/aromatic N) is 2. The molecule has 7 heteroatoms. The van der Waals surface area contributed by atoms with Crippen molar-refractivity contribution in [3.63, 3.8) is 0 Å². The van der Waals surface area contributed by atoms with Gasteiger partial charge < -0.3 is 5.32 Å². The van der Waals surface area contributed by atoms with Crippen LogP contribution in [0.1, 0.15) is 44.8 Å². The predicted octanol–water partition coefficient (Wildman–Crippen LogP) is 4.72. The molecule has 1 aliphatic rings. The minimum Gasteiger partial charge on any atom is -0.344 e. The van der Waals surface area contributed by atoms with Crippen LogP contribution in [-0.4, -0.2) is 21.6 Å². The fourth-order valence-corrected chi connectivity index (χ4v) is 5.77. The summed E-state index contributed by atoms with van der Waals surface area (Å²) in [7, 11) is 0. The van der Waals surface area contributed by atoms with Gasteiger partial charge in [-0.1, -0.05) is 12.1 Å². The number of hydrogen-bond acceptors (Lipinski definition) is 5. The molecule has 1 amide bonds. The summed E-state index contributed by atoms with van der Waals surface area (Å²) in [6.07, 6.45) is 0.786. The monoisotopic (exact) mass is 387 g/mol. The largest absolute Gasteiger partial charge is 0.344 e. The summed E-state index contributed by atoms with van der Waals surface area (Å²) in [5, 5.41) is 4.05. The normalized spacial score (nSPS) is 16.5. The lowest BCUT2D eigenvalue weighted by Gasteiger charge is -2.26. The van der Waals surface area contributed by atoms with Gasteiger partial charge in [-0.3, -0.25) is 4.79 Å². The molecule has 4 nitrogen and oxygen atoms in total. The van der Waals surface area contributed by atoms with Crippen molar-refractivity contribution >= 4 is 39.2 Å². The zero-order valence-corrected chi connectivity index (χ0v) is 16.4. The Morgan fingerprint density at radius 2 is 2.08 bits per heavy atom. The lowest BCUT2D eigenvalue weighted by molar-refractivity contribution is 0.0938. The van der Waals surface area contributed by atoms with E-state index in [1.165, 1.54) is 29.2 Å². The van der Waals surface area contributed by atoms with Gasteiger partial charge in [0.1, 0.15) is 16.5 Å². The molecule has 3 heterocycles. The summed E-state index contributed by atoms with van der Waals surface area (Å²) in [5.41, 5.74) is 2.66. The topological polar surface area (TPSA) is 54.9 Å². The summed E-state index contributed by atoms with van der Waals surface area (Å²) in [5.74, 6) is 1.14. The average molecular weight is 388 g/mol. The number of carbonyl (C=O) groups is 1. The van der Waals surface area contributed by atoms with E-state index in [0.717, 1.165) is 39.2 Å². The van der Waals surface area contributed by atoms with Gasteiger partial charge >= 0.3 is 0 Å². The molecule has 4 rings (SSSR count). The number of hydrogen-bond donors (Lipinski definition) is 1. The van der Waals surface area contributed by atoms with Crippen molar-refractivity contribution < 1.29 is 9.18 Å². The number of thiophene rings is 1. The third kappa shape index (κ3) is 2.89. The Balaban J connectivity index is 1.68. The molecule has 0 bridgehead atoms. The molecule has 1 aliphatic heterocycles. The fourth-order valence-electron chi connectivity index (χ4n) is 3.45. The number of nitrogens with one attached hydrogen (secondary N) is 1. The van der Waals surface area contributed by atoms with Gasteiger partial charge in [-0.05, 0) is 44.4 Å².